The van der Waals surface area contributed by atoms with E-state index in [2.05, 4.69) is 45.8 Å². The van der Waals surface area contributed by atoms with Crippen molar-refractivity contribution in [3.05, 3.63) is 0 Å². The monoisotopic (exact) mass is 382 g/mol. The predicted octanol–water partition coefficient (Wildman–Crippen LogP) is 3.16. The van der Waals surface area contributed by atoms with E-state index in [1.165, 1.54) is 0 Å². The highest BCUT2D eigenvalue weighted by Crippen LogP contribution is 2.24. The molecule has 0 aliphatic carbocycles. The van der Waals surface area contributed by atoms with Gasteiger partial charge in [-0.15, -0.1) is 0 Å². The molecule has 0 aromatic rings. The van der Waals surface area contributed by atoms with Crippen LogP contribution in [-0.4, -0.2) is 61.8 Å². The first-order valence-corrected chi connectivity index (χ1v) is 17.8. The van der Waals surface area contributed by atoms with Gasteiger partial charge in [-0.2, -0.15) is 0 Å². The standard InChI is InChI=1S/C15H38O5Si3/c1-15(12-16,13-17)14-18-10-9-11-22(5,6)20-23(7,8)19-21(2,3)4/h16-17H,9-14H2,1-8H3. The molecule has 140 valence electrons. The summed E-state index contributed by atoms with van der Waals surface area (Å²) < 4.78 is 18.3. The van der Waals surface area contributed by atoms with Gasteiger partial charge in [0.25, 0.3) is 0 Å². The summed E-state index contributed by atoms with van der Waals surface area (Å²) in [4.78, 5) is 0. The van der Waals surface area contributed by atoms with E-state index in [-0.39, 0.29) is 13.2 Å². The van der Waals surface area contributed by atoms with Crippen molar-refractivity contribution in [1.82, 2.24) is 0 Å². The lowest BCUT2D eigenvalue weighted by atomic mass is 9.95. The van der Waals surface area contributed by atoms with Crippen LogP contribution in [0.3, 0.4) is 0 Å². The van der Waals surface area contributed by atoms with Gasteiger partial charge in [0, 0.05) is 12.0 Å². The molecule has 0 atom stereocenters. The fraction of sp³-hybridized carbons (Fsp3) is 1.00. The molecule has 0 radical (unpaired) electrons. The molecule has 5 nitrogen and oxygen atoms in total. The van der Waals surface area contributed by atoms with Crippen molar-refractivity contribution < 1.29 is 23.2 Å². The summed E-state index contributed by atoms with van der Waals surface area (Å²) in [5, 5.41) is 18.5. The molecule has 0 unspecified atom stereocenters. The van der Waals surface area contributed by atoms with Gasteiger partial charge >= 0.3 is 8.56 Å². The lowest BCUT2D eigenvalue weighted by Crippen LogP contribution is -2.51. The molecule has 0 amide bonds. The Morgan fingerprint density at radius 3 is 1.83 bits per heavy atom. The van der Waals surface area contributed by atoms with Gasteiger partial charge in [0.1, 0.15) is 0 Å². The molecule has 0 rings (SSSR count). The van der Waals surface area contributed by atoms with Crippen molar-refractivity contribution in [2.75, 3.05) is 26.4 Å². The SMILES string of the molecule is CC(CO)(CO)COCCC[Si](C)(C)O[Si](C)(C)O[Si](C)(C)C. The molecule has 23 heavy (non-hydrogen) atoms. The molecule has 0 aromatic heterocycles. The minimum atomic E-state index is -2.07. The van der Waals surface area contributed by atoms with Gasteiger partial charge in [-0.1, -0.05) is 6.92 Å². The Labute approximate surface area is 145 Å². The van der Waals surface area contributed by atoms with Gasteiger partial charge in [0.2, 0.25) is 0 Å². The van der Waals surface area contributed by atoms with Crippen LogP contribution in [0.25, 0.3) is 0 Å². The first-order chi connectivity index (χ1) is 10.2. The number of rotatable bonds is 12. The number of ether oxygens (including phenoxy) is 1. The first-order valence-electron chi connectivity index (χ1n) is 8.44. The van der Waals surface area contributed by atoms with Crippen LogP contribution in [0.5, 0.6) is 0 Å². The van der Waals surface area contributed by atoms with Crippen molar-refractivity contribution in [2.45, 2.75) is 65.2 Å². The molecule has 0 spiro atoms. The highest BCUT2D eigenvalue weighted by molar-refractivity contribution is 6.87. The van der Waals surface area contributed by atoms with Crippen LogP contribution in [0, 0.1) is 5.41 Å². The Morgan fingerprint density at radius 2 is 1.39 bits per heavy atom. The molecular formula is C15H38O5Si3. The molecule has 0 aliphatic rings. The van der Waals surface area contributed by atoms with Gasteiger partial charge in [-0.25, -0.2) is 0 Å². The molecule has 0 saturated carbocycles. The highest BCUT2D eigenvalue weighted by atomic mass is 28.5. The maximum absolute atomic E-state index is 9.23. The maximum atomic E-state index is 9.23. The summed E-state index contributed by atoms with van der Waals surface area (Å²) in [6.07, 6.45) is 0.934. The van der Waals surface area contributed by atoms with E-state index in [4.69, 9.17) is 13.0 Å². The molecule has 0 aromatic carbocycles. The van der Waals surface area contributed by atoms with Crippen molar-refractivity contribution in [3.63, 3.8) is 0 Å². The van der Waals surface area contributed by atoms with E-state index in [9.17, 15) is 10.2 Å². The third-order valence-electron chi connectivity index (χ3n) is 3.36. The second-order valence-corrected chi connectivity index (χ2v) is 21.4. The first kappa shape index (κ1) is 23.5. The third-order valence-corrected chi connectivity index (χ3v) is 13.5. The quantitative estimate of drug-likeness (QED) is 0.401. The lowest BCUT2D eigenvalue weighted by Gasteiger charge is -2.37. The number of hydrogen-bond donors (Lipinski definition) is 2. The van der Waals surface area contributed by atoms with Crippen LogP contribution in [0.15, 0.2) is 0 Å². The second-order valence-electron chi connectivity index (χ2n) is 8.76. The molecule has 0 saturated heterocycles. The van der Waals surface area contributed by atoms with Crippen LogP contribution in [0.2, 0.25) is 51.9 Å². The van der Waals surface area contributed by atoms with Crippen molar-refractivity contribution >= 4 is 25.2 Å². The Morgan fingerprint density at radius 1 is 0.870 bits per heavy atom. The molecule has 0 aliphatic heterocycles. The predicted molar refractivity (Wildman–Crippen MR) is 103 cm³/mol. The summed E-state index contributed by atoms with van der Waals surface area (Å²) in [6, 6.07) is 1.02. The van der Waals surface area contributed by atoms with Crippen LogP contribution in [0.4, 0.5) is 0 Å². The van der Waals surface area contributed by atoms with E-state index < -0.39 is 30.6 Å². The lowest BCUT2D eigenvalue weighted by molar-refractivity contribution is -0.0159. The Kier molecular flexibility index (Phi) is 9.41. The van der Waals surface area contributed by atoms with E-state index in [0.717, 1.165) is 12.5 Å². The van der Waals surface area contributed by atoms with Crippen molar-refractivity contribution in [2.24, 2.45) is 5.41 Å². The smallest absolute Gasteiger partial charge is 0.311 e. The Bertz CT molecular complexity index is 338. The summed E-state index contributed by atoms with van der Waals surface area (Å²) in [5.41, 5.74) is -0.552. The van der Waals surface area contributed by atoms with Crippen molar-refractivity contribution in [1.29, 1.82) is 0 Å². The molecule has 0 heterocycles. The molecule has 8 heteroatoms. The van der Waals surface area contributed by atoms with E-state index in [1.54, 1.807) is 0 Å². The zero-order valence-corrected chi connectivity index (χ0v) is 19.4. The van der Waals surface area contributed by atoms with Gasteiger partial charge < -0.3 is 23.2 Å². The zero-order valence-electron chi connectivity index (χ0n) is 16.4. The third kappa shape index (κ3) is 11.6. The minimum absolute atomic E-state index is 0.0688. The summed E-state index contributed by atoms with van der Waals surface area (Å²) >= 11 is 0. The normalized spacial score (nSPS) is 14.3. The van der Waals surface area contributed by atoms with E-state index >= 15 is 0 Å². The van der Waals surface area contributed by atoms with Crippen molar-refractivity contribution in [3.8, 4) is 0 Å². The average molecular weight is 383 g/mol. The summed E-state index contributed by atoms with van der Waals surface area (Å²) in [7, 11) is -5.42. The largest absolute Gasteiger partial charge is 0.437 e. The molecular weight excluding hydrogens is 344 g/mol. The fourth-order valence-corrected chi connectivity index (χ4v) is 15.7. The number of aliphatic hydroxyl groups excluding tert-OH is 2. The summed E-state index contributed by atoms with van der Waals surface area (Å²) in [6.45, 7) is 18.1. The fourth-order valence-electron chi connectivity index (χ4n) is 2.53. The van der Waals surface area contributed by atoms with E-state index in [0.29, 0.717) is 13.2 Å². The van der Waals surface area contributed by atoms with Crippen LogP contribution >= 0.6 is 0 Å². The maximum Gasteiger partial charge on any atom is 0.311 e. The number of aliphatic hydroxyl groups is 2. The minimum Gasteiger partial charge on any atom is -0.437 e. The van der Waals surface area contributed by atoms with Crippen LogP contribution in [-0.2, 0) is 13.0 Å². The number of hydrogen-bond acceptors (Lipinski definition) is 5. The molecule has 2 N–H and O–H groups in total. The zero-order chi connectivity index (χ0) is 18.4. The molecule has 0 bridgehead atoms. The molecule has 0 fully saturated rings. The van der Waals surface area contributed by atoms with Crippen LogP contribution in [0.1, 0.15) is 13.3 Å². The Balaban J connectivity index is 4.19. The van der Waals surface area contributed by atoms with Gasteiger partial charge in [-0.05, 0) is 58.3 Å². The van der Waals surface area contributed by atoms with Crippen LogP contribution < -0.4 is 0 Å². The van der Waals surface area contributed by atoms with Gasteiger partial charge in [-0.3, -0.25) is 0 Å². The summed E-state index contributed by atoms with van der Waals surface area (Å²) in [5.74, 6) is 0. The average Bonchev–Trinajstić information content (AvgIpc) is 2.33. The topological polar surface area (TPSA) is 68.2 Å². The second kappa shape index (κ2) is 9.23. The van der Waals surface area contributed by atoms with Gasteiger partial charge in [0.05, 0.1) is 19.8 Å². The van der Waals surface area contributed by atoms with Gasteiger partial charge in [0.15, 0.2) is 16.6 Å². The highest BCUT2D eigenvalue weighted by Gasteiger charge is 2.37. The Hall–Kier alpha value is 0.451. The van der Waals surface area contributed by atoms with E-state index in [1.807, 2.05) is 6.92 Å².